The molecule has 78 valence electrons. The molecule has 14 heavy (non-hydrogen) atoms. The molecule has 1 atom stereocenters. The maximum absolute atomic E-state index is 3.64. The van der Waals surface area contributed by atoms with E-state index in [0.29, 0.717) is 5.41 Å². The van der Waals surface area contributed by atoms with Crippen molar-refractivity contribution in [2.75, 3.05) is 0 Å². The van der Waals surface area contributed by atoms with E-state index in [0.717, 1.165) is 0 Å². The lowest BCUT2D eigenvalue weighted by Crippen LogP contribution is -2.20. The van der Waals surface area contributed by atoms with Crippen molar-refractivity contribution in [1.82, 2.24) is 0 Å². The SMILES string of the molecule is CCCC(C)(CC)c1ccccc1Br. The molecule has 0 N–H and O–H groups in total. The van der Waals surface area contributed by atoms with Gasteiger partial charge in [0.1, 0.15) is 0 Å². The van der Waals surface area contributed by atoms with E-state index in [4.69, 9.17) is 0 Å². The van der Waals surface area contributed by atoms with Gasteiger partial charge in [0.2, 0.25) is 0 Å². The second kappa shape index (κ2) is 4.97. The molecule has 0 aliphatic carbocycles. The van der Waals surface area contributed by atoms with Gasteiger partial charge in [-0.2, -0.15) is 0 Å². The molecule has 0 amide bonds. The summed E-state index contributed by atoms with van der Waals surface area (Å²) < 4.78 is 1.25. The molecule has 1 unspecified atom stereocenters. The lowest BCUT2D eigenvalue weighted by Gasteiger charge is -2.29. The van der Waals surface area contributed by atoms with Crippen LogP contribution in [0.25, 0.3) is 0 Å². The van der Waals surface area contributed by atoms with Crippen molar-refractivity contribution in [2.45, 2.75) is 45.4 Å². The summed E-state index contributed by atoms with van der Waals surface area (Å²) in [6, 6.07) is 8.58. The van der Waals surface area contributed by atoms with Gasteiger partial charge in [0.05, 0.1) is 0 Å². The van der Waals surface area contributed by atoms with E-state index in [1.165, 1.54) is 29.3 Å². The van der Waals surface area contributed by atoms with E-state index in [9.17, 15) is 0 Å². The summed E-state index contributed by atoms with van der Waals surface area (Å²) in [7, 11) is 0. The van der Waals surface area contributed by atoms with Gasteiger partial charge in [-0.3, -0.25) is 0 Å². The molecule has 0 bridgehead atoms. The zero-order valence-corrected chi connectivity index (χ0v) is 10.9. The molecule has 0 spiro atoms. The second-order valence-electron chi connectivity index (χ2n) is 4.14. The van der Waals surface area contributed by atoms with Crippen molar-refractivity contribution >= 4 is 15.9 Å². The predicted molar refractivity (Wildman–Crippen MR) is 66.7 cm³/mol. The molecule has 1 aromatic rings. The van der Waals surface area contributed by atoms with Crippen LogP contribution in [0.15, 0.2) is 28.7 Å². The Balaban J connectivity index is 3.05. The lowest BCUT2D eigenvalue weighted by atomic mass is 9.76. The Bertz CT molecular complexity index is 293. The first kappa shape index (κ1) is 11.8. The Labute approximate surface area is 95.9 Å². The highest BCUT2D eigenvalue weighted by Gasteiger charge is 2.24. The van der Waals surface area contributed by atoms with Crippen LogP contribution in [0.5, 0.6) is 0 Å². The first-order valence-electron chi connectivity index (χ1n) is 5.39. The summed E-state index contributed by atoms with van der Waals surface area (Å²) in [6.45, 7) is 6.89. The number of hydrogen-bond acceptors (Lipinski definition) is 0. The summed E-state index contributed by atoms with van der Waals surface area (Å²) in [6.07, 6.45) is 3.70. The van der Waals surface area contributed by atoms with Crippen molar-refractivity contribution in [1.29, 1.82) is 0 Å². The highest BCUT2D eigenvalue weighted by molar-refractivity contribution is 9.10. The van der Waals surface area contributed by atoms with Gasteiger partial charge in [0, 0.05) is 4.47 Å². The Morgan fingerprint density at radius 3 is 2.36 bits per heavy atom. The molecular formula is C13H19Br. The minimum Gasteiger partial charge on any atom is -0.0654 e. The summed E-state index contributed by atoms with van der Waals surface area (Å²) >= 11 is 3.64. The molecule has 1 heteroatoms. The van der Waals surface area contributed by atoms with Crippen LogP contribution in [0.3, 0.4) is 0 Å². The van der Waals surface area contributed by atoms with Gasteiger partial charge < -0.3 is 0 Å². The van der Waals surface area contributed by atoms with Gasteiger partial charge in [-0.1, -0.05) is 61.3 Å². The molecule has 0 fully saturated rings. The number of hydrogen-bond donors (Lipinski definition) is 0. The van der Waals surface area contributed by atoms with Crippen LogP contribution >= 0.6 is 15.9 Å². The van der Waals surface area contributed by atoms with E-state index < -0.39 is 0 Å². The minimum absolute atomic E-state index is 0.328. The van der Waals surface area contributed by atoms with Crippen LogP contribution in [0.1, 0.15) is 45.6 Å². The quantitative estimate of drug-likeness (QED) is 0.716. The van der Waals surface area contributed by atoms with Gasteiger partial charge in [-0.25, -0.2) is 0 Å². The van der Waals surface area contributed by atoms with Crippen molar-refractivity contribution in [2.24, 2.45) is 0 Å². The highest BCUT2D eigenvalue weighted by Crippen LogP contribution is 2.36. The maximum atomic E-state index is 3.64. The number of halogens is 1. The van der Waals surface area contributed by atoms with Crippen molar-refractivity contribution in [3.8, 4) is 0 Å². The van der Waals surface area contributed by atoms with Gasteiger partial charge in [-0.15, -0.1) is 0 Å². The second-order valence-corrected chi connectivity index (χ2v) is 5.00. The van der Waals surface area contributed by atoms with Gasteiger partial charge in [0.15, 0.2) is 0 Å². The third-order valence-electron chi connectivity index (χ3n) is 3.11. The zero-order chi connectivity index (χ0) is 10.6. The average molecular weight is 255 g/mol. The highest BCUT2D eigenvalue weighted by atomic mass is 79.9. The van der Waals surface area contributed by atoms with Crippen LogP contribution in [-0.2, 0) is 5.41 Å². The predicted octanol–water partition coefficient (Wildman–Crippen LogP) is 4.92. The van der Waals surface area contributed by atoms with Crippen LogP contribution in [0, 0.1) is 0 Å². The molecular weight excluding hydrogens is 236 g/mol. The lowest BCUT2D eigenvalue weighted by molar-refractivity contribution is 0.412. The molecule has 0 nitrogen and oxygen atoms in total. The molecule has 1 rings (SSSR count). The number of benzene rings is 1. The van der Waals surface area contributed by atoms with E-state index >= 15 is 0 Å². The molecule has 0 saturated carbocycles. The Hall–Kier alpha value is -0.300. The van der Waals surface area contributed by atoms with Crippen molar-refractivity contribution in [3.05, 3.63) is 34.3 Å². The summed E-state index contributed by atoms with van der Waals surface area (Å²) in [5.41, 5.74) is 1.78. The Morgan fingerprint density at radius 1 is 1.21 bits per heavy atom. The zero-order valence-electron chi connectivity index (χ0n) is 9.31. The smallest absolute Gasteiger partial charge is 0.0212 e. The van der Waals surface area contributed by atoms with Gasteiger partial charge in [0.25, 0.3) is 0 Å². The molecule has 0 aliphatic rings. The first-order chi connectivity index (χ1) is 6.64. The summed E-state index contributed by atoms with van der Waals surface area (Å²) in [4.78, 5) is 0. The molecule has 1 aromatic carbocycles. The van der Waals surface area contributed by atoms with Crippen LogP contribution in [0.4, 0.5) is 0 Å². The minimum atomic E-state index is 0.328. The fourth-order valence-corrected chi connectivity index (χ4v) is 2.77. The van der Waals surface area contributed by atoms with E-state index in [1.807, 2.05) is 0 Å². The number of rotatable bonds is 4. The largest absolute Gasteiger partial charge is 0.0654 e. The molecule has 0 aromatic heterocycles. The molecule has 0 saturated heterocycles. The van der Waals surface area contributed by atoms with Crippen LogP contribution < -0.4 is 0 Å². The molecule has 0 radical (unpaired) electrons. The topological polar surface area (TPSA) is 0 Å². The summed E-state index contributed by atoms with van der Waals surface area (Å²) in [5.74, 6) is 0. The maximum Gasteiger partial charge on any atom is 0.0212 e. The fourth-order valence-electron chi connectivity index (χ4n) is 2.00. The van der Waals surface area contributed by atoms with Crippen molar-refractivity contribution in [3.63, 3.8) is 0 Å². The Kier molecular flexibility index (Phi) is 4.18. The Morgan fingerprint density at radius 2 is 1.86 bits per heavy atom. The first-order valence-corrected chi connectivity index (χ1v) is 6.18. The van der Waals surface area contributed by atoms with Gasteiger partial charge in [-0.05, 0) is 29.9 Å². The monoisotopic (exact) mass is 254 g/mol. The normalized spacial score (nSPS) is 15.1. The van der Waals surface area contributed by atoms with Gasteiger partial charge >= 0.3 is 0 Å². The molecule has 0 aliphatic heterocycles. The third-order valence-corrected chi connectivity index (χ3v) is 3.80. The van der Waals surface area contributed by atoms with Crippen LogP contribution in [-0.4, -0.2) is 0 Å². The van der Waals surface area contributed by atoms with Crippen LogP contribution in [0.2, 0.25) is 0 Å². The van der Waals surface area contributed by atoms with E-state index in [-0.39, 0.29) is 0 Å². The molecule has 0 heterocycles. The standard InChI is InChI=1S/C13H19Br/c1-4-10-13(3,5-2)11-8-6-7-9-12(11)14/h6-9H,4-5,10H2,1-3H3. The average Bonchev–Trinajstić information content (AvgIpc) is 2.18. The summed E-state index contributed by atoms with van der Waals surface area (Å²) in [5, 5.41) is 0. The third kappa shape index (κ3) is 2.38. The van der Waals surface area contributed by atoms with E-state index in [2.05, 4.69) is 61.0 Å². The van der Waals surface area contributed by atoms with E-state index in [1.54, 1.807) is 0 Å². The van der Waals surface area contributed by atoms with Crippen molar-refractivity contribution < 1.29 is 0 Å². The fraction of sp³-hybridized carbons (Fsp3) is 0.538.